The van der Waals surface area contributed by atoms with Crippen molar-refractivity contribution in [1.29, 1.82) is 0 Å². The van der Waals surface area contributed by atoms with E-state index in [0.29, 0.717) is 11.6 Å². The van der Waals surface area contributed by atoms with E-state index in [1.54, 1.807) is 0 Å². The van der Waals surface area contributed by atoms with E-state index in [1.165, 1.54) is 17.4 Å². The summed E-state index contributed by atoms with van der Waals surface area (Å²) < 4.78 is 6.58. The Morgan fingerprint density at radius 2 is 2.00 bits per heavy atom. The molecule has 1 N–H and O–H groups in total. The topological polar surface area (TPSA) is 55.1 Å². The van der Waals surface area contributed by atoms with Gasteiger partial charge in [-0.25, -0.2) is 4.98 Å². The second-order valence-electron chi connectivity index (χ2n) is 8.01. The molecule has 0 radical (unpaired) electrons. The van der Waals surface area contributed by atoms with Gasteiger partial charge in [0.1, 0.15) is 6.26 Å². The number of aromatic nitrogens is 1. The minimum Gasteiger partial charge on any atom is -0.448 e. The molecule has 1 atom stereocenters. The van der Waals surface area contributed by atoms with Crippen molar-refractivity contribution in [2.45, 2.75) is 78.2 Å². The van der Waals surface area contributed by atoms with Gasteiger partial charge in [-0.3, -0.25) is 4.79 Å². The van der Waals surface area contributed by atoms with Crippen LogP contribution in [0.3, 0.4) is 0 Å². The van der Waals surface area contributed by atoms with Crippen molar-refractivity contribution in [2.24, 2.45) is 0 Å². The van der Waals surface area contributed by atoms with Crippen molar-refractivity contribution in [3.05, 3.63) is 51.6 Å². The predicted octanol–water partition coefficient (Wildman–Crippen LogP) is 6.35. The van der Waals surface area contributed by atoms with Crippen LogP contribution in [0.5, 0.6) is 0 Å². The Labute approximate surface area is 171 Å². The van der Waals surface area contributed by atoms with Crippen LogP contribution in [0.4, 0.5) is 0 Å². The number of hydrogen-bond donors (Lipinski definition) is 1. The van der Waals surface area contributed by atoms with Gasteiger partial charge in [-0.05, 0) is 36.1 Å². The molecule has 0 saturated heterocycles. The van der Waals surface area contributed by atoms with E-state index in [2.05, 4.69) is 52.2 Å². The summed E-state index contributed by atoms with van der Waals surface area (Å²) in [6, 6.07) is 6.27. The van der Waals surface area contributed by atoms with Crippen molar-refractivity contribution in [2.75, 3.05) is 0 Å². The van der Waals surface area contributed by atoms with E-state index >= 15 is 0 Å². The van der Waals surface area contributed by atoms with E-state index in [-0.39, 0.29) is 17.4 Å². The van der Waals surface area contributed by atoms with Crippen molar-refractivity contribution >= 4 is 21.8 Å². The summed E-state index contributed by atoms with van der Waals surface area (Å²) >= 11 is 3.55. The van der Waals surface area contributed by atoms with Gasteiger partial charge in [0, 0.05) is 9.89 Å². The number of amides is 1. The monoisotopic (exact) mass is 434 g/mol. The van der Waals surface area contributed by atoms with Gasteiger partial charge in [0.15, 0.2) is 11.6 Å². The summed E-state index contributed by atoms with van der Waals surface area (Å²) in [4.78, 5) is 17.2. The van der Waals surface area contributed by atoms with E-state index in [1.807, 2.05) is 26.8 Å². The highest BCUT2D eigenvalue weighted by atomic mass is 79.9. The summed E-state index contributed by atoms with van der Waals surface area (Å²) in [5.41, 5.74) is 2.56. The summed E-state index contributed by atoms with van der Waals surface area (Å²) in [6.07, 6.45) is 6.68. The lowest BCUT2D eigenvalue weighted by Gasteiger charge is -2.22. The number of halogens is 1. The van der Waals surface area contributed by atoms with E-state index in [0.717, 1.165) is 36.6 Å². The molecule has 1 aromatic heterocycles. The van der Waals surface area contributed by atoms with Crippen LogP contribution in [-0.4, -0.2) is 10.9 Å². The molecule has 0 aliphatic carbocycles. The molecule has 4 nitrogen and oxygen atoms in total. The lowest BCUT2D eigenvalue weighted by Crippen LogP contribution is -2.29. The maximum atomic E-state index is 12.8. The van der Waals surface area contributed by atoms with Gasteiger partial charge in [0.2, 0.25) is 0 Å². The van der Waals surface area contributed by atoms with Crippen LogP contribution in [0.2, 0.25) is 0 Å². The summed E-state index contributed by atoms with van der Waals surface area (Å²) in [5.74, 6) is 0.397. The maximum Gasteiger partial charge on any atom is 0.273 e. The third-order valence-corrected chi connectivity index (χ3v) is 5.13. The number of carbonyl (C=O) groups excluding carboxylic acids is 1. The zero-order valence-electron chi connectivity index (χ0n) is 17.1. The van der Waals surface area contributed by atoms with Crippen LogP contribution in [0, 0.1) is 0 Å². The average molecular weight is 435 g/mol. The first kappa shape index (κ1) is 21.7. The Kier molecular flexibility index (Phi) is 7.66. The molecule has 0 aliphatic rings. The van der Waals surface area contributed by atoms with Crippen molar-refractivity contribution in [1.82, 2.24) is 10.3 Å². The van der Waals surface area contributed by atoms with Gasteiger partial charge < -0.3 is 9.73 Å². The fourth-order valence-corrected chi connectivity index (χ4v) is 3.49. The Morgan fingerprint density at radius 3 is 2.59 bits per heavy atom. The Balaban J connectivity index is 2.24. The first-order valence-corrected chi connectivity index (χ1v) is 10.6. The van der Waals surface area contributed by atoms with Gasteiger partial charge in [-0.1, -0.05) is 75.9 Å². The highest BCUT2D eigenvalue weighted by molar-refractivity contribution is 9.10. The number of rotatable bonds is 8. The molecule has 0 aliphatic heterocycles. The molecular formula is C22H31BrN2O2. The molecule has 0 spiro atoms. The van der Waals surface area contributed by atoms with Gasteiger partial charge in [-0.15, -0.1) is 0 Å². The zero-order chi connectivity index (χ0) is 20.0. The highest BCUT2D eigenvalue weighted by Crippen LogP contribution is 2.27. The standard InChI is InChI=1S/C22H31BrN2O2/c1-6-8-9-10-18(17-12-11-16(23)13-15(17)7-2)24-20(26)19-14-27-21(25-19)22(3,4)5/h11-14,18H,6-10H2,1-5H3,(H,24,26). The second kappa shape index (κ2) is 9.54. The van der Waals surface area contributed by atoms with Crippen LogP contribution < -0.4 is 5.32 Å². The molecule has 0 saturated carbocycles. The number of oxazole rings is 1. The molecule has 0 fully saturated rings. The smallest absolute Gasteiger partial charge is 0.273 e. The molecule has 1 amide bonds. The van der Waals surface area contributed by atoms with Crippen LogP contribution in [0.1, 0.15) is 93.8 Å². The van der Waals surface area contributed by atoms with Gasteiger partial charge in [0.05, 0.1) is 6.04 Å². The van der Waals surface area contributed by atoms with Crippen LogP contribution in [0.25, 0.3) is 0 Å². The molecule has 1 aromatic carbocycles. The van der Waals surface area contributed by atoms with Crippen molar-refractivity contribution in [3.8, 4) is 0 Å². The summed E-state index contributed by atoms with van der Waals surface area (Å²) in [7, 11) is 0. The van der Waals surface area contributed by atoms with E-state index in [9.17, 15) is 4.79 Å². The van der Waals surface area contributed by atoms with Crippen LogP contribution in [-0.2, 0) is 11.8 Å². The molecule has 2 rings (SSSR count). The number of carbonyl (C=O) groups is 1. The first-order valence-electron chi connectivity index (χ1n) is 9.81. The number of unbranched alkanes of at least 4 members (excludes halogenated alkanes) is 2. The number of nitrogens with zero attached hydrogens (tertiary/aromatic N) is 1. The third kappa shape index (κ3) is 5.93. The van der Waals surface area contributed by atoms with E-state index in [4.69, 9.17) is 4.42 Å². The number of benzene rings is 1. The first-order chi connectivity index (χ1) is 12.8. The average Bonchev–Trinajstić information content (AvgIpc) is 3.11. The molecule has 27 heavy (non-hydrogen) atoms. The van der Waals surface area contributed by atoms with Gasteiger partial charge in [-0.2, -0.15) is 0 Å². The molecule has 2 aromatic rings. The Morgan fingerprint density at radius 1 is 1.26 bits per heavy atom. The molecular weight excluding hydrogens is 404 g/mol. The van der Waals surface area contributed by atoms with Gasteiger partial charge in [0.25, 0.3) is 5.91 Å². The normalized spacial score (nSPS) is 12.8. The van der Waals surface area contributed by atoms with Gasteiger partial charge >= 0.3 is 0 Å². The van der Waals surface area contributed by atoms with Crippen molar-refractivity contribution in [3.63, 3.8) is 0 Å². The molecule has 0 bridgehead atoms. The second-order valence-corrected chi connectivity index (χ2v) is 8.92. The molecule has 5 heteroatoms. The fraction of sp³-hybridized carbons (Fsp3) is 0.545. The molecule has 1 unspecified atom stereocenters. The molecule has 148 valence electrons. The Hall–Kier alpha value is -1.62. The Bertz CT molecular complexity index is 762. The SMILES string of the molecule is CCCCCC(NC(=O)c1coc(C(C)(C)C)n1)c1ccc(Br)cc1CC. The fourth-order valence-electron chi connectivity index (χ4n) is 3.08. The lowest BCUT2D eigenvalue weighted by molar-refractivity contribution is 0.0928. The maximum absolute atomic E-state index is 12.8. The number of hydrogen-bond acceptors (Lipinski definition) is 3. The van der Waals surface area contributed by atoms with E-state index < -0.39 is 0 Å². The quantitative estimate of drug-likeness (QED) is 0.492. The number of aryl methyl sites for hydroxylation is 1. The highest BCUT2D eigenvalue weighted by Gasteiger charge is 2.24. The largest absolute Gasteiger partial charge is 0.448 e. The summed E-state index contributed by atoms with van der Waals surface area (Å²) in [6.45, 7) is 10.4. The van der Waals surface area contributed by atoms with Crippen LogP contribution >= 0.6 is 15.9 Å². The van der Waals surface area contributed by atoms with Crippen LogP contribution in [0.15, 0.2) is 33.4 Å². The third-order valence-electron chi connectivity index (χ3n) is 4.64. The van der Waals surface area contributed by atoms with Crippen molar-refractivity contribution < 1.29 is 9.21 Å². The summed E-state index contributed by atoms with van der Waals surface area (Å²) in [5, 5.41) is 3.19. The zero-order valence-corrected chi connectivity index (χ0v) is 18.6. The minimum atomic E-state index is -0.222. The predicted molar refractivity (Wildman–Crippen MR) is 113 cm³/mol. The molecule has 1 heterocycles. The minimum absolute atomic E-state index is 0.0260. The lowest BCUT2D eigenvalue weighted by atomic mass is 9.94. The number of nitrogens with one attached hydrogen (secondary N) is 1.